The van der Waals surface area contributed by atoms with E-state index in [9.17, 15) is 9.59 Å². The van der Waals surface area contributed by atoms with Gasteiger partial charge >= 0.3 is 5.97 Å². The number of rotatable bonds is 9. The summed E-state index contributed by atoms with van der Waals surface area (Å²) in [6, 6.07) is 16.6. The molecule has 0 bridgehead atoms. The van der Waals surface area contributed by atoms with Crippen LogP contribution < -0.4 is 4.74 Å². The van der Waals surface area contributed by atoms with E-state index >= 15 is 0 Å². The van der Waals surface area contributed by atoms with Crippen molar-refractivity contribution in [3.05, 3.63) is 82.5 Å². The van der Waals surface area contributed by atoms with Gasteiger partial charge in [-0.1, -0.05) is 42.1 Å². The van der Waals surface area contributed by atoms with E-state index in [1.54, 1.807) is 7.11 Å². The first-order valence-corrected chi connectivity index (χ1v) is 13.7. The van der Waals surface area contributed by atoms with E-state index < -0.39 is 12.0 Å². The van der Waals surface area contributed by atoms with Crippen LogP contribution in [0.15, 0.2) is 82.0 Å². The van der Waals surface area contributed by atoms with E-state index in [0.29, 0.717) is 54.2 Å². The number of thioether (sulfide) groups is 1. The Hall–Kier alpha value is -3.60. The Balaban J connectivity index is 1.48. The highest BCUT2D eigenvalue weighted by molar-refractivity contribution is 8.16. The van der Waals surface area contributed by atoms with E-state index in [1.165, 1.54) is 11.8 Å². The number of carbonyl (C=O) groups excluding carboxylic acids is 2. The van der Waals surface area contributed by atoms with Crippen molar-refractivity contribution in [3.8, 4) is 11.5 Å². The van der Waals surface area contributed by atoms with Gasteiger partial charge in [0.1, 0.15) is 18.1 Å². The molecular formula is C29H31N3O6S. The first-order valence-electron chi connectivity index (χ1n) is 12.8. The molecular weight excluding hydrogens is 518 g/mol. The largest absolute Gasteiger partial charge is 0.460 e. The number of hydrogen-bond donors (Lipinski definition) is 0. The van der Waals surface area contributed by atoms with Crippen LogP contribution in [0, 0.1) is 0 Å². The third kappa shape index (κ3) is 6.19. The Morgan fingerprint density at radius 3 is 2.59 bits per heavy atom. The molecule has 1 saturated heterocycles. The van der Waals surface area contributed by atoms with Gasteiger partial charge in [-0.25, -0.2) is 9.79 Å². The molecule has 10 heteroatoms. The number of benzene rings is 2. The van der Waals surface area contributed by atoms with Crippen molar-refractivity contribution < 1.29 is 28.5 Å². The number of amidine groups is 1. The van der Waals surface area contributed by atoms with Gasteiger partial charge in [0.05, 0.1) is 43.6 Å². The number of hydrogen-bond acceptors (Lipinski definition) is 9. The van der Waals surface area contributed by atoms with Crippen LogP contribution in [0.2, 0.25) is 0 Å². The zero-order valence-electron chi connectivity index (χ0n) is 22.0. The fourth-order valence-electron chi connectivity index (χ4n) is 4.69. The number of ether oxygens (including phenoxy) is 4. The molecule has 2 aromatic rings. The van der Waals surface area contributed by atoms with Crippen LogP contribution in [0.4, 0.5) is 0 Å². The Morgan fingerprint density at radius 1 is 1.05 bits per heavy atom. The van der Waals surface area contributed by atoms with Gasteiger partial charge in [0.15, 0.2) is 5.17 Å². The molecule has 1 amide bonds. The summed E-state index contributed by atoms with van der Waals surface area (Å²) in [5, 5.41) is 2.66. The molecule has 9 nitrogen and oxygen atoms in total. The normalized spacial score (nSPS) is 18.9. The maximum absolute atomic E-state index is 13.4. The number of amides is 1. The molecule has 0 aliphatic carbocycles. The van der Waals surface area contributed by atoms with E-state index in [-0.39, 0.29) is 25.5 Å². The number of nitrogens with zero attached hydrogens (tertiary/aromatic N) is 3. The monoisotopic (exact) mass is 549 g/mol. The highest BCUT2D eigenvalue weighted by Crippen LogP contribution is 2.45. The topological polar surface area (TPSA) is 89.9 Å². The molecule has 3 aliphatic rings. The molecule has 1 unspecified atom stereocenters. The molecule has 3 heterocycles. The molecule has 5 rings (SSSR count). The summed E-state index contributed by atoms with van der Waals surface area (Å²) in [5.74, 6) is 0.887. The Kier molecular flexibility index (Phi) is 8.65. The van der Waals surface area contributed by atoms with Crippen LogP contribution in [0.25, 0.3) is 0 Å². The molecule has 0 aromatic heterocycles. The van der Waals surface area contributed by atoms with Crippen LogP contribution in [-0.4, -0.2) is 73.5 Å². The lowest BCUT2D eigenvalue weighted by molar-refractivity contribution is -0.141. The minimum absolute atomic E-state index is 0.0156. The number of carbonyl (C=O) groups is 2. The number of allylic oxidation sites excluding steroid dienone is 1. The summed E-state index contributed by atoms with van der Waals surface area (Å²) in [6.07, 6.45) is 0.188. The molecule has 0 saturated carbocycles. The van der Waals surface area contributed by atoms with Crippen LogP contribution in [0.3, 0.4) is 0 Å². The van der Waals surface area contributed by atoms with Crippen LogP contribution >= 0.6 is 11.8 Å². The number of esters is 1. The van der Waals surface area contributed by atoms with Crippen molar-refractivity contribution in [2.75, 3.05) is 46.6 Å². The lowest BCUT2D eigenvalue weighted by atomic mass is 9.93. The van der Waals surface area contributed by atoms with Gasteiger partial charge in [0, 0.05) is 25.9 Å². The van der Waals surface area contributed by atoms with Crippen LogP contribution in [0.1, 0.15) is 24.9 Å². The molecule has 39 heavy (non-hydrogen) atoms. The zero-order chi connectivity index (χ0) is 27.2. The Bertz CT molecular complexity index is 1300. The van der Waals surface area contributed by atoms with E-state index in [2.05, 4.69) is 0 Å². The molecule has 204 valence electrons. The first kappa shape index (κ1) is 27.0. The number of aliphatic imine (C=N–C) groups is 1. The molecule has 3 aliphatic heterocycles. The lowest BCUT2D eigenvalue weighted by Crippen LogP contribution is -2.42. The van der Waals surface area contributed by atoms with Gasteiger partial charge < -0.3 is 28.7 Å². The van der Waals surface area contributed by atoms with E-state index in [0.717, 1.165) is 11.3 Å². The molecule has 1 fully saturated rings. The fraction of sp³-hybridized carbons (Fsp3) is 0.345. The number of methoxy groups -OCH3 is 1. The van der Waals surface area contributed by atoms with Crippen molar-refractivity contribution in [1.82, 2.24) is 9.80 Å². The zero-order valence-corrected chi connectivity index (χ0v) is 22.8. The molecule has 0 radical (unpaired) electrons. The summed E-state index contributed by atoms with van der Waals surface area (Å²) < 4.78 is 22.1. The van der Waals surface area contributed by atoms with Crippen molar-refractivity contribution >= 4 is 28.8 Å². The minimum atomic E-state index is -0.550. The quantitative estimate of drug-likeness (QED) is 0.334. The SMILES string of the molecule is COCCOC(=O)C1=C(C)N=C2SC=C(CC(=O)N3CCOCC3)N2C1c1cccc(Oc2ccccc2)c1. The minimum Gasteiger partial charge on any atom is -0.460 e. The van der Waals surface area contributed by atoms with Gasteiger partial charge in [-0.05, 0) is 42.2 Å². The predicted octanol–water partition coefficient (Wildman–Crippen LogP) is 4.49. The van der Waals surface area contributed by atoms with Crippen LogP contribution in [-0.2, 0) is 23.8 Å². The summed E-state index contributed by atoms with van der Waals surface area (Å²) >= 11 is 1.45. The van der Waals surface area contributed by atoms with Gasteiger partial charge in [0.25, 0.3) is 0 Å². The van der Waals surface area contributed by atoms with Crippen LogP contribution in [0.5, 0.6) is 11.5 Å². The first-order chi connectivity index (χ1) is 19.0. The maximum atomic E-state index is 13.4. The second kappa shape index (κ2) is 12.5. The Morgan fingerprint density at radius 2 is 1.82 bits per heavy atom. The highest BCUT2D eigenvalue weighted by atomic mass is 32.2. The van der Waals surface area contributed by atoms with Gasteiger partial charge in [0.2, 0.25) is 5.91 Å². The number of morpholine rings is 1. The van der Waals surface area contributed by atoms with E-state index in [1.807, 2.05) is 76.7 Å². The Labute approximate surface area is 232 Å². The fourth-order valence-corrected chi connectivity index (χ4v) is 5.66. The third-order valence-electron chi connectivity index (χ3n) is 6.59. The second-order valence-electron chi connectivity index (χ2n) is 9.18. The van der Waals surface area contributed by atoms with Crippen molar-refractivity contribution in [3.63, 3.8) is 0 Å². The van der Waals surface area contributed by atoms with Gasteiger partial charge in [-0.15, -0.1) is 0 Å². The summed E-state index contributed by atoms with van der Waals surface area (Å²) in [6.45, 7) is 4.43. The molecule has 0 spiro atoms. The second-order valence-corrected chi connectivity index (χ2v) is 10.0. The highest BCUT2D eigenvalue weighted by Gasteiger charge is 2.41. The van der Waals surface area contributed by atoms with E-state index in [4.69, 9.17) is 23.9 Å². The average Bonchev–Trinajstić information content (AvgIpc) is 3.35. The van der Waals surface area contributed by atoms with Gasteiger partial charge in [-0.3, -0.25) is 4.79 Å². The number of para-hydroxylation sites is 1. The van der Waals surface area contributed by atoms with Gasteiger partial charge in [-0.2, -0.15) is 0 Å². The maximum Gasteiger partial charge on any atom is 0.338 e. The smallest absolute Gasteiger partial charge is 0.338 e. The molecule has 2 aromatic carbocycles. The van der Waals surface area contributed by atoms with Crippen molar-refractivity contribution in [2.24, 2.45) is 4.99 Å². The summed E-state index contributed by atoms with van der Waals surface area (Å²) in [4.78, 5) is 35.2. The third-order valence-corrected chi connectivity index (χ3v) is 7.48. The average molecular weight is 550 g/mol. The summed E-state index contributed by atoms with van der Waals surface area (Å²) in [5.41, 5.74) is 2.59. The molecule has 0 N–H and O–H groups in total. The summed E-state index contributed by atoms with van der Waals surface area (Å²) in [7, 11) is 1.56. The van der Waals surface area contributed by atoms with Crippen molar-refractivity contribution in [2.45, 2.75) is 19.4 Å². The molecule has 1 atom stereocenters. The van der Waals surface area contributed by atoms with Crippen molar-refractivity contribution in [1.29, 1.82) is 0 Å². The standard InChI is InChI=1S/C29H31N3O6S/c1-20-26(28(34)37-16-15-35-2)27(21-7-6-10-24(17-21)38-23-8-4-3-5-9-23)32-22(19-39-29(32)30-20)18-25(33)31-11-13-36-14-12-31/h3-10,17,19,27H,11-16,18H2,1-2H3. The lowest BCUT2D eigenvalue weighted by Gasteiger charge is -2.37. The number of fused-ring (bicyclic) bond motifs is 1. The predicted molar refractivity (Wildman–Crippen MR) is 148 cm³/mol.